The number of amides is 2. The second kappa shape index (κ2) is 13.8. The van der Waals surface area contributed by atoms with Crippen LogP contribution in [0.4, 0.5) is 5.69 Å². The van der Waals surface area contributed by atoms with Crippen molar-refractivity contribution in [3.8, 4) is 5.75 Å². The lowest BCUT2D eigenvalue weighted by Crippen LogP contribution is -2.42. The number of methoxy groups -OCH3 is 1. The second-order valence-electron chi connectivity index (χ2n) is 9.19. The Morgan fingerprint density at radius 3 is 2.40 bits per heavy atom. The van der Waals surface area contributed by atoms with Crippen molar-refractivity contribution in [3.63, 3.8) is 0 Å². The highest BCUT2D eigenvalue weighted by atomic mass is 32.1. The van der Waals surface area contributed by atoms with Gasteiger partial charge in [0.15, 0.2) is 5.11 Å². The van der Waals surface area contributed by atoms with Gasteiger partial charge >= 0.3 is 0 Å². The van der Waals surface area contributed by atoms with Gasteiger partial charge in [-0.25, -0.2) is 0 Å². The number of nitrogens with one attached hydrogen (secondary N) is 3. The third-order valence-electron chi connectivity index (χ3n) is 5.60. The first-order valence-corrected chi connectivity index (χ1v) is 12.2. The fraction of sp³-hybridized carbons (Fsp3) is 0.444. The first kappa shape index (κ1) is 28.3. The van der Waals surface area contributed by atoms with Crippen molar-refractivity contribution in [2.24, 2.45) is 5.41 Å². The number of benzene rings is 2. The average molecular weight is 500 g/mol. The van der Waals surface area contributed by atoms with Gasteiger partial charge in [0.2, 0.25) is 5.91 Å². The molecule has 7 nitrogen and oxygen atoms in total. The van der Waals surface area contributed by atoms with Crippen molar-refractivity contribution in [3.05, 3.63) is 59.2 Å². The zero-order valence-electron chi connectivity index (χ0n) is 21.3. The summed E-state index contributed by atoms with van der Waals surface area (Å²) in [6.07, 6.45) is 2.15. The zero-order chi connectivity index (χ0) is 25.8. The molecule has 0 saturated carbocycles. The van der Waals surface area contributed by atoms with Gasteiger partial charge in [0.05, 0.1) is 6.61 Å². The van der Waals surface area contributed by atoms with Crippen molar-refractivity contribution in [2.45, 2.75) is 47.0 Å². The normalized spacial score (nSPS) is 11.0. The maximum Gasteiger partial charge on any atom is 0.251 e. The molecule has 0 unspecified atom stereocenters. The van der Waals surface area contributed by atoms with E-state index in [-0.39, 0.29) is 16.9 Å². The lowest BCUT2D eigenvalue weighted by Gasteiger charge is -2.24. The van der Waals surface area contributed by atoms with E-state index in [1.807, 2.05) is 39.8 Å². The molecule has 0 saturated heterocycles. The van der Waals surface area contributed by atoms with Crippen LogP contribution in [0.5, 0.6) is 5.75 Å². The van der Waals surface area contributed by atoms with Crippen LogP contribution in [0.25, 0.3) is 0 Å². The quantitative estimate of drug-likeness (QED) is 0.288. The summed E-state index contributed by atoms with van der Waals surface area (Å²) in [5, 5.41) is 8.82. The number of thiocarbonyl (C=S) groups is 1. The Kier molecular flexibility index (Phi) is 11.1. The number of aryl methyl sites for hydroxylation is 2. The first-order valence-electron chi connectivity index (χ1n) is 11.8. The molecule has 0 fully saturated rings. The van der Waals surface area contributed by atoms with Crippen molar-refractivity contribution in [1.82, 2.24) is 10.6 Å². The molecule has 0 heterocycles. The summed E-state index contributed by atoms with van der Waals surface area (Å²) in [6.45, 7) is 9.53. The lowest BCUT2D eigenvalue weighted by molar-refractivity contribution is -0.128. The summed E-state index contributed by atoms with van der Waals surface area (Å²) in [5.41, 5.74) is 2.88. The molecule has 3 N–H and O–H groups in total. The predicted octanol–water partition coefficient (Wildman–Crippen LogP) is 4.77. The van der Waals surface area contributed by atoms with Gasteiger partial charge in [-0.05, 0) is 86.8 Å². The van der Waals surface area contributed by atoms with Gasteiger partial charge in [-0.15, -0.1) is 0 Å². The van der Waals surface area contributed by atoms with E-state index in [1.165, 1.54) is 0 Å². The molecule has 190 valence electrons. The van der Waals surface area contributed by atoms with E-state index in [0.29, 0.717) is 37.4 Å². The Bertz CT molecular complexity index is 1010. The van der Waals surface area contributed by atoms with E-state index in [9.17, 15) is 9.59 Å². The van der Waals surface area contributed by atoms with Crippen molar-refractivity contribution in [2.75, 3.05) is 32.2 Å². The first-order chi connectivity index (χ1) is 16.6. The van der Waals surface area contributed by atoms with Crippen LogP contribution >= 0.6 is 12.2 Å². The monoisotopic (exact) mass is 499 g/mol. The molecule has 0 aliphatic rings. The molecular formula is C27H37N3O4S. The number of anilines is 1. The Balaban J connectivity index is 1.76. The fourth-order valence-corrected chi connectivity index (χ4v) is 3.54. The molecule has 2 aromatic carbocycles. The molecule has 2 amide bonds. The van der Waals surface area contributed by atoms with E-state index in [0.717, 1.165) is 29.7 Å². The molecule has 0 aliphatic heterocycles. The Hall–Kier alpha value is -2.97. The molecular weight excluding hydrogens is 462 g/mol. The van der Waals surface area contributed by atoms with E-state index in [2.05, 4.69) is 22.0 Å². The van der Waals surface area contributed by atoms with Gasteiger partial charge in [-0.2, -0.15) is 0 Å². The number of hydrogen-bond acceptors (Lipinski definition) is 5. The van der Waals surface area contributed by atoms with Gasteiger partial charge in [0, 0.05) is 36.9 Å². The highest BCUT2D eigenvalue weighted by Crippen LogP contribution is 2.24. The predicted molar refractivity (Wildman–Crippen MR) is 144 cm³/mol. The fourth-order valence-electron chi connectivity index (χ4n) is 3.33. The molecule has 0 bridgehead atoms. The van der Waals surface area contributed by atoms with Crippen molar-refractivity contribution >= 4 is 34.8 Å². The molecule has 2 rings (SSSR count). The van der Waals surface area contributed by atoms with Crippen LogP contribution in [0.3, 0.4) is 0 Å². The average Bonchev–Trinajstić information content (AvgIpc) is 2.82. The van der Waals surface area contributed by atoms with Gasteiger partial charge < -0.3 is 25.4 Å². The molecule has 2 aromatic rings. The molecule has 0 aliphatic carbocycles. The standard InChI is InChI=1S/C27H37N3O4S/c1-19-8-9-20(2)23(18-19)34-17-6-14-27(3,4)25(32)30-26(35)29-22-12-10-21(11-13-22)24(31)28-15-7-16-33-5/h8-13,18H,6-7,14-17H2,1-5H3,(H,28,31)(H2,29,30,32,35). The molecule has 0 atom stereocenters. The van der Waals surface area contributed by atoms with Crippen molar-refractivity contribution < 1.29 is 19.1 Å². The topological polar surface area (TPSA) is 88.7 Å². The van der Waals surface area contributed by atoms with Crippen LogP contribution in [0.15, 0.2) is 42.5 Å². The van der Waals surface area contributed by atoms with Crippen LogP contribution < -0.4 is 20.7 Å². The third-order valence-corrected chi connectivity index (χ3v) is 5.81. The Morgan fingerprint density at radius 1 is 1.00 bits per heavy atom. The summed E-state index contributed by atoms with van der Waals surface area (Å²) in [5.74, 6) is 0.577. The molecule has 8 heteroatoms. The van der Waals surface area contributed by atoms with Gasteiger partial charge in [0.25, 0.3) is 5.91 Å². The van der Waals surface area contributed by atoms with Crippen LogP contribution in [-0.2, 0) is 9.53 Å². The van der Waals surface area contributed by atoms with Gasteiger partial charge in [-0.3, -0.25) is 9.59 Å². The molecule has 0 aromatic heterocycles. The Labute approximate surface area is 214 Å². The molecule has 35 heavy (non-hydrogen) atoms. The number of carbonyl (C=O) groups is 2. The van der Waals surface area contributed by atoms with Crippen LogP contribution in [0.2, 0.25) is 0 Å². The highest BCUT2D eigenvalue weighted by molar-refractivity contribution is 7.80. The zero-order valence-corrected chi connectivity index (χ0v) is 22.1. The maximum absolute atomic E-state index is 12.8. The molecule has 0 radical (unpaired) electrons. The maximum atomic E-state index is 12.8. The third kappa shape index (κ3) is 9.66. The van der Waals surface area contributed by atoms with Crippen molar-refractivity contribution in [1.29, 1.82) is 0 Å². The summed E-state index contributed by atoms with van der Waals surface area (Å²) in [7, 11) is 1.63. The molecule has 0 spiro atoms. The number of hydrogen-bond donors (Lipinski definition) is 3. The number of rotatable bonds is 12. The number of ether oxygens (including phenoxy) is 2. The summed E-state index contributed by atoms with van der Waals surface area (Å²) in [4.78, 5) is 24.9. The lowest BCUT2D eigenvalue weighted by atomic mass is 9.87. The minimum Gasteiger partial charge on any atom is -0.493 e. The van der Waals surface area contributed by atoms with Crippen LogP contribution in [-0.4, -0.2) is 43.8 Å². The van der Waals surface area contributed by atoms with E-state index in [4.69, 9.17) is 21.7 Å². The van der Waals surface area contributed by atoms with Crippen LogP contribution in [0.1, 0.15) is 54.6 Å². The summed E-state index contributed by atoms with van der Waals surface area (Å²) >= 11 is 5.31. The SMILES string of the molecule is COCCCNC(=O)c1ccc(NC(=S)NC(=O)C(C)(C)CCCOc2cc(C)ccc2C)cc1. The smallest absolute Gasteiger partial charge is 0.251 e. The van der Waals surface area contributed by atoms with E-state index < -0.39 is 5.41 Å². The number of carbonyl (C=O) groups excluding carboxylic acids is 2. The summed E-state index contributed by atoms with van der Waals surface area (Å²) < 4.78 is 10.9. The summed E-state index contributed by atoms with van der Waals surface area (Å²) in [6, 6.07) is 13.0. The van der Waals surface area contributed by atoms with E-state index in [1.54, 1.807) is 31.4 Å². The van der Waals surface area contributed by atoms with Gasteiger partial charge in [0.1, 0.15) is 5.75 Å². The largest absolute Gasteiger partial charge is 0.493 e. The van der Waals surface area contributed by atoms with E-state index >= 15 is 0 Å². The highest BCUT2D eigenvalue weighted by Gasteiger charge is 2.27. The minimum atomic E-state index is -0.610. The minimum absolute atomic E-state index is 0.146. The van der Waals surface area contributed by atoms with Crippen LogP contribution in [0, 0.1) is 19.3 Å². The Morgan fingerprint density at radius 2 is 1.71 bits per heavy atom. The van der Waals surface area contributed by atoms with Gasteiger partial charge in [-0.1, -0.05) is 26.0 Å². The second-order valence-corrected chi connectivity index (χ2v) is 9.60.